The smallest absolute Gasteiger partial charge is 0.322 e. The highest BCUT2D eigenvalue weighted by Gasteiger charge is 2.43. The van der Waals surface area contributed by atoms with Crippen LogP contribution >= 0.6 is 0 Å². The van der Waals surface area contributed by atoms with E-state index < -0.39 is 5.60 Å². The molecule has 2 aromatic rings. The second-order valence-electron chi connectivity index (χ2n) is 6.26. The van der Waals surface area contributed by atoms with E-state index in [1.165, 1.54) is 12.0 Å². The number of nitrogens with one attached hydrogen (secondary N) is 1. The first-order valence-corrected chi connectivity index (χ1v) is 7.52. The summed E-state index contributed by atoms with van der Waals surface area (Å²) >= 11 is 0. The molecule has 0 aromatic carbocycles. The van der Waals surface area contributed by atoms with E-state index in [4.69, 9.17) is 4.74 Å². The Bertz CT molecular complexity index is 721. The van der Waals surface area contributed by atoms with Crippen LogP contribution in [0.25, 0.3) is 11.0 Å². The largest absolute Gasteiger partial charge is 0.384 e. The molecule has 2 N–H and O–H groups in total. The summed E-state index contributed by atoms with van der Waals surface area (Å²) in [6.45, 7) is 4.81. The van der Waals surface area contributed by atoms with E-state index >= 15 is 0 Å². The molecule has 0 atom stereocenters. The van der Waals surface area contributed by atoms with Gasteiger partial charge in [-0.2, -0.15) is 5.10 Å². The van der Waals surface area contributed by atoms with Gasteiger partial charge in [0.25, 0.3) is 0 Å². The number of carbonyl (C=O) groups is 1. The molecular weight excluding hydrogens is 298 g/mol. The van der Waals surface area contributed by atoms with Gasteiger partial charge in [-0.1, -0.05) is 0 Å². The zero-order valence-corrected chi connectivity index (χ0v) is 13.5. The van der Waals surface area contributed by atoms with Gasteiger partial charge in [0.15, 0.2) is 5.65 Å². The molecule has 1 fully saturated rings. The minimum absolute atomic E-state index is 0.221. The molecule has 23 heavy (non-hydrogen) atoms. The van der Waals surface area contributed by atoms with Crippen LogP contribution in [-0.2, 0) is 4.74 Å². The summed E-state index contributed by atoms with van der Waals surface area (Å²) in [5.41, 5.74) is 0.455. The topological polar surface area (TPSA) is 92.5 Å². The van der Waals surface area contributed by atoms with E-state index in [0.717, 1.165) is 11.0 Å². The lowest BCUT2D eigenvalue weighted by Gasteiger charge is -2.45. The summed E-state index contributed by atoms with van der Waals surface area (Å²) in [7, 11) is 1.53. The molecule has 1 saturated heterocycles. The van der Waals surface area contributed by atoms with Crippen molar-refractivity contribution in [1.29, 1.82) is 0 Å². The van der Waals surface area contributed by atoms with E-state index in [1.807, 2.05) is 24.6 Å². The molecule has 8 nitrogen and oxygen atoms in total. The zero-order chi connectivity index (χ0) is 16.6. The Hall–Kier alpha value is -2.19. The number of amides is 2. The normalized spacial score (nSPS) is 16.7. The average Bonchev–Trinajstić information content (AvgIpc) is 2.88. The predicted molar refractivity (Wildman–Crippen MR) is 85.3 cm³/mol. The van der Waals surface area contributed by atoms with Crippen LogP contribution < -0.4 is 5.32 Å². The number of pyridine rings is 1. The first-order valence-electron chi connectivity index (χ1n) is 7.52. The van der Waals surface area contributed by atoms with Crippen LogP contribution in [0.4, 0.5) is 10.5 Å². The van der Waals surface area contributed by atoms with Crippen molar-refractivity contribution in [3.05, 3.63) is 18.5 Å². The molecule has 0 unspecified atom stereocenters. The molecule has 0 saturated carbocycles. The summed E-state index contributed by atoms with van der Waals surface area (Å²) in [6, 6.07) is 1.80. The molecule has 2 amide bonds. The molecule has 3 rings (SSSR count). The molecule has 8 heteroatoms. The number of nitrogens with zero attached hydrogens (tertiary/aromatic N) is 4. The van der Waals surface area contributed by atoms with E-state index in [1.54, 1.807) is 12.4 Å². The fraction of sp³-hybridized carbons (Fsp3) is 0.533. The molecular formula is C15H21N5O3. The number of β-amino-alcohol motifs (C(OH)–C–C–N with tert-alkyl or cyclic N) is 1. The fourth-order valence-electron chi connectivity index (χ4n) is 2.76. The highest BCUT2D eigenvalue weighted by Crippen LogP contribution is 2.23. The number of rotatable bonds is 4. The molecule has 0 aliphatic carbocycles. The lowest BCUT2D eigenvalue weighted by Crippen LogP contribution is -2.66. The van der Waals surface area contributed by atoms with Crippen molar-refractivity contribution in [2.75, 3.05) is 32.1 Å². The first kappa shape index (κ1) is 15.7. The number of anilines is 1. The molecule has 1 aliphatic rings. The Kier molecular flexibility index (Phi) is 3.95. The van der Waals surface area contributed by atoms with Crippen molar-refractivity contribution < 1.29 is 14.6 Å². The lowest BCUT2D eigenvalue weighted by atomic mass is 9.96. The van der Waals surface area contributed by atoms with Crippen molar-refractivity contribution in [3.8, 4) is 0 Å². The maximum atomic E-state index is 12.2. The Morgan fingerprint density at radius 1 is 1.48 bits per heavy atom. The van der Waals surface area contributed by atoms with Crippen molar-refractivity contribution in [1.82, 2.24) is 19.7 Å². The maximum Gasteiger partial charge on any atom is 0.322 e. The van der Waals surface area contributed by atoms with Crippen molar-refractivity contribution in [2.45, 2.75) is 25.5 Å². The third kappa shape index (κ3) is 2.99. The van der Waals surface area contributed by atoms with E-state index in [-0.39, 0.29) is 31.8 Å². The Morgan fingerprint density at radius 2 is 2.22 bits per heavy atom. The molecule has 2 aromatic heterocycles. The third-order valence-corrected chi connectivity index (χ3v) is 3.84. The SMILES string of the molecule is COCC1(O)CN(C(=O)Nc2cnc3c(cnn3C(C)C)c2)C1. The minimum Gasteiger partial charge on any atom is -0.384 e. The number of carbonyl (C=O) groups excluding carboxylic acids is 1. The van der Waals surface area contributed by atoms with Gasteiger partial charge in [-0.05, 0) is 19.9 Å². The van der Waals surface area contributed by atoms with Crippen molar-refractivity contribution >= 4 is 22.8 Å². The number of ether oxygens (including phenoxy) is 1. The summed E-state index contributed by atoms with van der Waals surface area (Å²) in [4.78, 5) is 18.1. The second kappa shape index (κ2) is 5.78. The van der Waals surface area contributed by atoms with Crippen LogP contribution in [0.3, 0.4) is 0 Å². The minimum atomic E-state index is -0.938. The van der Waals surface area contributed by atoms with Crippen LogP contribution in [-0.4, -0.2) is 63.2 Å². The first-order chi connectivity index (χ1) is 10.9. The summed E-state index contributed by atoms with van der Waals surface area (Å²) in [5, 5.41) is 18.0. The van der Waals surface area contributed by atoms with Crippen LogP contribution in [0.1, 0.15) is 19.9 Å². The van der Waals surface area contributed by atoms with Gasteiger partial charge in [0.2, 0.25) is 0 Å². The second-order valence-corrected chi connectivity index (χ2v) is 6.26. The van der Waals surface area contributed by atoms with E-state index in [9.17, 15) is 9.90 Å². The van der Waals surface area contributed by atoms with E-state index in [0.29, 0.717) is 5.69 Å². The van der Waals surface area contributed by atoms with Crippen LogP contribution in [0.15, 0.2) is 18.5 Å². The average molecular weight is 319 g/mol. The zero-order valence-electron chi connectivity index (χ0n) is 13.5. The third-order valence-electron chi connectivity index (χ3n) is 3.84. The van der Waals surface area contributed by atoms with Crippen molar-refractivity contribution in [3.63, 3.8) is 0 Å². The summed E-state index contributed by atoms with van der Waals surface area (Å²) in [6.07, 6.45) is 3.35. The number of aliphatic hydroxyl groups is 1. The number of methoxy groups -OCH3 is 1. The monoisotopic (exact) mass is 319 g/mol. The number of aromatic nitrogens is 3. The van der Waals surface area contributed by atoms with Gasteiger partial charge in [0, 0.05) is 18.5 Å². The van der Waals surface area contributed by atoms with Gasteiger partial charge in [-0.3, -0.25) is 0 Å². The molecule has 3 heterocycles. The van der Waals surface area contributed by atoms with E-state index in [2.05, 4.69) is 15.4 Å². The van der Waals surface area contributed by atoms with Gasteiger partial charge in [0.1, 0.15) is 5.60 Å². The molecule has 0 bridgehead atoms. The van der Waals surface area contributed by atoms with Crippen LogP contribution in [0.5, 0.6) is 0 Å². The van der Waals surface area contributed by atoms with Gasteiger partial charge >= 0.3 is 6.03 Å². The number of hydrogen-bond acceptors (Lipinski definition) is 5. The Morgan fingerprint density at radius 3 is 2.87 bits per heavy atom. The molecule has 1 aliphatic heterocycles. The Labute approximate surface area is 134 Å². The lowest BCUT2D eigenvalue weighted by molar-refractivity contribution is -0.113. The number of fused-ring (bicyclic) bond motifs is 1. The number of urea groups is 1. The molecule has 124 valence electrons. The van der Waals surface area contributed by atoms with Crippen molar-refractivity contribution in [2.24, 2.45) is 0 Å². The van der Waals surface area contributed by atoms with Crippen LogP contribution in [0, 0.1) is 0 Å². The van der Waals surface area contributed by atoms with Gasteiger partial charge in [-0.15, -0.1) is 0 Å². The fourth-order valence-corrected chi connectivity index (χ4v) is 2.76. The molecule has 0 radical (unpaired) electrons. The highest BCUT2D eigenvalue weighted by molar-refractivity contribution is 5.92. The number of likely N-dealkylation sites (tertiary alicyclic amines) is 1. The maximum absolute atomic E-state index is 12.2. The van der Waals surface area contributed by atoms with Gasteiger partial charge < -0.3 is 20.1 Å². The van der Waals surface area contributed by atoms with Gasteiger partial charge in [-0.25, -0.2) is 14.5 Å². The standard InChI is InChI=1S/C15H21N5O3/c1-10(2)20-13-11(5-17-20)4-12(6-16-13)18-14(21)19-7-15(22,8-19)9-23-3/h4-6,10,22H,7-9H2,1-3H3,(H,18,21). The highest BCUT2D eigenvalue weighted by atomic mass is 16.5. The quantitative estimate of drug-likeness (QED) is 0.884. The predicted octanol–water partition coefficient (Wildman–Crippen LogP) is 1.24. The number of hydrogen-bond donors (Lipinski definition) is 2. The summed E-state index contributed by atoms with van der Waals surface area (Å²) < 4.78 is 6.77. The Balaban J connectivity index is 1.67. The van der Waals surface area contributed by atoms with Crippen LogP contribution in [0.2, 0.25) is 0 Å². The van der Waals surface area contributed by atoms with Gasteiger partial charge in [0.05, 0.1) is 37.8 Å². The summed E-state index contributed by atoms with van der Waals surface area (Å²) in [5.74, 6) is 0. The molecule has 0 spiro atoms.